The molecule has 0 saturated carbocycles. The molecule has 2 nitrogen and oxygen atoms in total. The Balaban J connectivity index is 3.47. The molecule has 0 fully saturated rings. The van der Waals surface area contributed by atoms with Crippen LogP contribution in [0.15, 0.2) is 0 Å². The second-order valence-corrected chi connectivity index (χ2v) is 5.14. The fourth-order valence-electron chi connectivity index (χ4n) is 1.06. The van der Waals surface area contributed by atoms with Crippen LogP contribution in [0.2, 0.25) is 0 Å². The largest absolute Gasteiger partial charge is 0.379 e. The Kier molecular flexibility index (Phi) is 6.38. The molecule has 0 aliphatic carbocycles. The predicted molar refractivity (Wildman–Crippen MR) is 62.6 cm³/mol. The van der Waals surface area contributed by atoms with Crippen molar-refractivity contribution in [1.82, 2.24) is 5.32 Å². The summed E-state index contributed by atoms with van der Waals surface area (Å²) in [6.45, 7) is 13.2. The van der Waals surface area contributed by atoms with Crippen LogP contribution < -0.4 is 5.32 Å². The average molecular weight is 201 g/mol. The minimum atomic E-state index is 0.00800. The number of nitrogens with one attached hydrogen (secondary N) is 1. The molecule has 0 bridgehead atoms. The van der Waals surface area contributed by atoms with Gasteiger partial charge in [0.25, 0.3) is 0 Å². The molecule has 0 aliphatic rings. The minimum absolute atomic E-state index is 0.00800. The van der Waals surface area contributed by atoms with E-state index in [0.29, 0.717) is 0 Å². The van der Waals surface area contributed by atoms with Crippen molar-refractivity contribution in [3.8, 4) is 0 Å². The first-order valence-electron chi connectivity index (χ1n) is 5.65. The highest BCUT2D eigenvalue weighted by Gasteiger charge is 2.15. The quantitative estimate of drug-likeness (QED) is 0.639. The van der Waals surface area contributed by atoms with E-state index < -0.39 is 0 Å². The van der Waals surface area contributed by atoms with Gasteiger partial charge in [0.15, 0.2) is 0 Å². The van der Waals surface area contributed by atoms with E-state index in [1.54, 1.807) is 7.11 Å². The summed E-state index contributed by atoms with van der Waals surface area (Å²) in [5, 5.41) is 3.48. The van der Waals surface area contributed by atoms with Gasteiger partial charge in [-0.2, -0.15) is 0 Å². The number of methoxy groups -OCH3 is 1. The van der Waals surface area contributed by atoms with E-state index in [-0.39, 0.29) is 5.60 Å². The zero-order valence-corrected chi connectivity index (χ0v) is 10.7. The van der Waals surface area contributed by atoms with Gasteiger partial charge in [0.1, 0.15) is 0 Å². The fourth-order valence-corrected chi connectivity index (χ4v) is 1.06. The molecule has 0 heterocycles. The normalized spacial score (nSPS) is 14.8. The van der Waals surface area contributed by atoms with Crippen molar-refractivity contribution in [2.75, 3.05) is 20.2 Å². The smallest absolute Gasteiger partial charge is 0.0634 e. The maximum Gasteiger partial charge on any atom is 0.0634 e. The molecular weight excluding hydrogens is 174 g/mol. The first kappa shape index (κ1) is 13.9. The van der Waals surface area contributed by atoms with E-state index in [0.717, 1.165) is 31.3 Å². The molecule has 0 saturated heterocycles. The van der Waals surface area contributed by atoms with Crippen molar-refractivity contribution in [1.29, 1.82) is 0 Å². The lowest BCUT2D eigenvalue weighted by atomic mass is 9.98. The fraction of sp³-hybridized carbons (Fsp3) is 1.00. The van der Waals surface area contributed by atoms with Gasteiger partial charge in [-0.05, 0) is 45.2 Å². The van der Waals surface area contributed by atoms with Crippen LogP contribution in [0, 0.1) is 11.8 Å². The van der Waals surface area contributed by atoms with Crippen molar-refractivity contribution in [2.45, 2.75) is 46.6 Å². The zero-order valence-electron chi connectivity index (χ0n) is 10.7. The third kappa shape index (κ3) is 6.39. The van der Waals surface area contributed by atoms with Gasteiger partial charge < -0.3 is 10.1 Å². The zero-order chi connectivity index (χ0) is 11.2. The van der Waals surface area contributed by atoms with Crippen molar-refractivity contribution < 1.29 is 4.74 Å². The van der Waals surface area contributed by atoms with E-state index in [1.165, 1.54) is 0 Å². The van der Waals surface area contributed by atoms with Gasteiger partial charge in [0.2, 0.25) is 0 Å². The molecule has 0 radical (unpaired) electrons. The molecule has 0 spiro atoms. The summed E-state index contributed by atoms with van der Waals surface area (Å²) in [5.74, 6) is 1.51. The third-order valence-electron chi connectivity index (χ3n) is 3.06. The molecule has 1 unspecified atom stereocenters. The lowest BCUT2D eigenvalue weighted by Gasteiger charge is -2.23. The van der Waals surface area contributed by atoms with Crippen LogP contribution in [-0.4, -0.2) is 25.8 Å². The van der Waals surface area contributed by atoms with Gasteiger partial charge in [-0.1, -0.05) is 20.8 Å². The van der Waals surface area contributed by atoms with E-state index in [1.807, 2.05) is 0 Å². The first-order valence-corrected chi connectivity index (χ1v) is 5.65. The van der Waals surface area contributed by atoms with Gasteiger partial charge in [-0.15, -0.1) is 0 Å². The Morgan fingerprint density at radius 1 is 1.21 bits per heavy atom. The number of hydrogen-bond donors (Lipinski definition) is 1. The maximum absolute atomic E-state index is 5.35. The topological polar surface area (TPSA) is 21.3 Å². The lowest BCUT2D eigenvalue weighted by Crippen LogP contribution is -2.31. The SMILES string of the molecule is COC(C)(C)CCNCC(C)C(C)C. The van der Waals surface area contributed by atoms with Gasteiger partial charge >= 0.3 is 0 Å². The Labute approximate surface area is 89.4 Å². The average Bonchev–Trinajstić information content (AvgIpc) is 2.12. The van der Waals surface area contributed by atoms with Crippen LogP contribution in [0.25, 0.3) is 0 Å². The molecule has 14 heavy (non-hydrogen) atoms. The molecule has 0 amide bonds. The summed E-state index contributed by atoms with van der Waals surface area (Å²) >= 11 is 0. The highest BCUT2D eigenvalue weighted by molar-refractivity contribution is 4.69. The van der Waals surface area contributed by atoms with Crippen molar-refractivity contribution >= 4 is 0 Å². The summed E-state index contributed by atoms with van der Waals surface area (Å²) in [4.78, 5) is 0. The Bertz CT molecular complexity index is 143. The van der Waals surface area contributed by atoms with Crippen LogP contribution in [0.1, 0.15) is 41.0 Å². The molecule has 1 N–H and O–H groups in total. The molecule has 0 aromatic carbocycles. The molecule has 2 heteroatoms. The Morgan fingerprint density at radius 3 is 2.21 bits per heavy atom. The predicted octanol–water partition coefficient (Wildman–Crippen LogP) is 2.68. The molecular formula is C12H27NO. The second kappa shape index (κ2) is 6.41. The van der Waals surface area contributed by atoms with E-state index in [4.69, 9.17) is 4.74 Å². The van der Waals surface area contributed by atoms with E-state index >= 15 is 0 Å². The summed E-state index contributed by atoms with van der Waals surface area (Å²) in [6.07, 6.45) is 1.06. The van der Waals surface area contributed by atoms with Crippen LogP contribution in [0.5, 0.6) is 0 Å². The summed E-state index contributed by atoms with van der Waals surface area (Å²) < 4.78 is 5.35. The van der Waals surface area contributed by atoms with Crippen LogP contribution in [0.3, 0.4) is 0 Å². The van der Waals surface area contributed by atoms with Crippen molar-refractivity contribution in [3.63, 3.8) is 0 Å². The van der Waals surface area contributed by atoms with Gasteiger partial charge in [-0.3, -0.25) is 0 Å². The van der Waals surface area contributed by atoms with E-state index in [9.17, 15) is 0 Å². The molecule has 0 rings (SSSR count). The van der Waals surface area contributed by atoms with Gasteiger partial charge in [0, 0.05) is 7.11 Å². The van der Waals surface area contributed by atoms with Crippen molar-refractivity contribution in [2.24, 2.45) is 11.8 Å². The minimum Gasteiger partial charge on any atom is -0.379 e. The molecule has 0 aromatic heterocycles. The molecule has 1 atom stereocenters. The summed E-state index contributed by atoms with van der Waals surface area (Å²) in [7, 11) is 1.77. The van der Waals surface area contributed by atoms with Crippen LogP contribution >= 0.6 is 0 Å². The summed E-state index contributed by atoms with van der Waals surface area (Å²) in [6, 6.07) is 0. The van der Waals surface area contributed by atoms with Gasteiger partial charge in [-0.25, -0.2) is 0 Å². The highest BCUT2D eigenvalue weighted by Crippen LogP contribution is 2.12. The molecule has 0 aromatic rings. The monoisotopic (exact) mass is 201 g/mol. The number of ether oxygens (including phenoxy) is 1. The number of hydrogen-bond acceptors (Lipinski definition) is 2. The van der Waals surface area contributed by atoms with Crippen LogP contribution in [0.4, 0.5) is 0 Å². The van der Waals surface area contributed by atoms with E-state index in [2.05, 4.69) is 39.9 Å². The second-order valence-electron chi connectivity index (χ2n) is 5.14. The Hall–Kier alpha value is -0.0800. The standard InChI is InChI=1S/C12H27NO/c1-10(2)11(3)9-13-8-7-12(4,5)14-6/h10-11,13H,7-9H2,1-6H3. The summed E-state index contributed by atoms with van der Waals surface area (Å²) in [5.41, 5.74) is 0.00800. The van der Waals surface area contributed by atoms with Crippen molar-refractivity contribution in [3.05, 3.63) is 0 Å². The molecule has 0 aliphatic heterocycles. The lowest BCUT2D eigenvalue weighted by molar-refractivity contribution is 0.0157. The highest BCUT2D eigenvalue weighted by atomic mass is 16.5. The third-order valence-corrected chi connectivity index (χ3v) is 3.06. The van der Waals surface area contributed by atoms with Gasteiger partial charge in [0.05, 0.1) is 5.60 Å². The molecule has 86 valence electrons. The van der Waals surface area contributed by atoms with Crippen LogP contribution in [-0.2, 0) is 4.74 Å². The Morgan fingerprint density at radius 2 is 1.79 bits per heavy atom. The maximum atomic E-state index is 5.35. The number of rotatable bonds is 7. The first-order chi connectivity index (χ1) is 6.39.